The Morgan fingerprint density at radius 2 is 1.90 bits per heavy atom. The van der Waals surface area contributed by atoms with Gasteiger partial charge in [-0.25, -0.2) is 8.78 Å². The molecule has 0 radical (unpaired) electrons. The number of methoxy groups -OCH3 is 1. The van der Waals surface area contributed by atoms with Gasteiger partial charge in [0.15, 0.2) is 0 Å². The van der Waals surface area contributed by atoms with Crippen molar-refractivity contribution in [1.82, 2.24) is 9.80 Å². The summed E-state index contributed by atoms with van der Waals surface area (Å²) in [4.78, 5) is 15.1. The van der Waals surface area contributed by atoms with Crippen LogP contribution in [0.4, 0.5) is 8.78 Å². The first-order valence-electron chi connectivity index (χ1n) is 6.93. The summed E-state index contributed by atoms with van der Waals surface area (Å²) in [6, 6.07) is 0. The van der Waals surface area contributed by atoms with Crippen molar-refractivity contribution in [2.24, 2.45) is 0 Å². The maximum atomic E-state index is 13.1. The maximum Gasteiger partial charge on any atom is 0.250 e. The van der Waals surface area contributed by atoms with Gasteiger partial charge in [-0.15, -0.1) is 0 Å². The molecule has 7 heteroatoms. The third-order valence-electron chi connectivity index (χ3n) is 4.06. The van der Waals surface area contributed by atoms with Gasteiger partial charge in [0.25, 0.3) is 5.92 Å². The molecule has 2 heterocycles. The van der Waals surface area contributed by atoms with Gasteiger partial charge in [0.05, 0.1) is 12.1 Å². The Labute approximate surface area is 117 Å². The molecule has 5 nitrogen and oxygen atoms in total. The van der Waals surface area contributed by atoms with Crippen LogP contribution in [-0.4, -0.2) is 78.8 Å². The van der Waals surface area contributed by atoms with Crippen molar-refractivity contribution in [3.8, 4) is 0 Å². The Hall–Kier alpha value is -0.790. The molecule has 116 valence electrons. The van der Waals surface area contributed by atoms with E-state index < -0.39 is 11.5 Å². The fourth-order valence-corrected chi connectivity index (χ4v) is 2.87. The van der Waals surface area contributed by atoms with Crippen LogP contribution in [0.1, 0.15) is 19.3 Å². The lowest BCUT2D eigenvalue weighted by Gasteiger charge is -2.36. The highest BCUT2D eigenvalue weighted by molar-refractivity contribution is 5.77. The highest BCUT2D eigenvalue weighted by atomic mass is 19.3. The predicted molar refractivity (Wildman–Crippen MR) is 68.6 cm³/mol. The van der Waals surface area contributed by atoms with Crippen LogP contribution in [0.15, 0.2) is 0 Å². The molecule has 2 aliphatic heterocycles. The van der Waals surface area contributed by atoms with Crippen LogP contribution in [-0.2, 0) is 9.53 Å². The number of alkyl halides is 2. The Morgan fingerprint density at radius 1 is 1.25 bits per heavy atom. The molecule has 2 fully saturated rings. The summed E-state index contributed by atoms with van der Waals surface area (Å²) < 4.78 is 31.0. The minimum absolute atomic E-state index is 0.00597. The monoisotopic (exact) mass is 292 g/mol. The molecule has 2 saturated heterocycles. The zero-order valence-corrected chi connectivity index (χ0v) is 11.8. The maximum absolute atomic E-state index is 13.1. The number of piperidine rings is 1. The molecule has 1 atom stereocenters. The number of likely N-dealkylation sites (tertiary alicyclic amines) is 2. The average Bonchev–Trinajstić information content (AvgIpc) is 2.75. The number of rotatable bonds is 4. The van der Waals surface area contributed by atoms with Gasteiger partial charge >= 0.3 is 0 Å². The minimum atomic E-state index is -2.57. The molecule has 1 amide bonds. The molecular weight excluding hydrogens is 270 g/mol. The molecule has 0 saturated carbocycles. The largest absolute Gasteiger partial charge is 0.387 e. The molecule has 0 spiro atoms. The molecule has 20 heavy (non-hydrogen) atoms. The van der Waals surface area contributed by atoms with E-state index in [-0.39, 0.29) is 31.9 Å². The number of β-amino-alcohol motifs (C(OH)–C–C–N with tert-alkyl or cyclic N) is 1. The van der Waals surface area contributed by atoms with E-state index in [4.69, 9.17) is 4.74 Å². The van der Waals surface area contributed by atoms with Gasteiger partial charge in [-0.05, 0) is 6.42 Å². The van der Waals surface area contributed by atoms with Crippen molar-refractivity contribution in [2.45, 2.75) is 30.8 Å². The lowest BCUT2D eigenvalue weighted by atomic mass is 10.00. The Balaban J connectivity index is 1.83. The van der Waals surface area contributed by atoms with E-state index in [0.717, 1.165) is 0 Å². The SMILES string of the molecule is COCC(=O)N1CCC(O)(CN2CCC(F)(F)CC2)C1. The number of hydrogen-bond acceptors (Lipinski definition) is 4. The zero-order valence-electron chi connectivity index (χ0n) is 11.8. The van der Waals surface area contributed by atoms with Crippen LogP contribution in [0.25, 0.3) is 0 Å². The van der Waals surface area contributed by atoms with Gasteiger partial charge in [-0.3, -0.25) is 9.69 Å². The summed E-state index contributed by atoms with van der Waals surface area (Å²) in [6.45, 7) is 1.68. The second-order valence-corrected chi connectivity index (χ2v) is 5.85. The quantitative estimate of drug-likeness (QED) is 0.811. The van der Waals surface area contributed by atoms with Gasteiger partial charge < -0.3 is 14.7 Å². The second kappa shape index (κ2) is 5.91. The van der Waals surface area contributed by atoms with Crippen LogP contribution < -0.4 is 0 Å². The molecule has 0 aromatic carbocycles. The molecule has 0 bridgehead atoms. The first-order chi connectivity index (χ1) is 9.34. The van der Waals surface area contributed by atoms with Gasteiger partial charge in [0.1, 0.15) is 6.61 Å². The van der Waals surface area contributed by atoms with Crippen LogP contribution in [0.3, 0.4) is 0 Å². The number of hydrogen-bond donors (Lipinski definition) is 1. The third kappa shape index (κ3) is 3.86. The first-order valence-corrected chi connectivity index (χ1v) is 6.93. The highest BCUT2D eigenvalue weighted by Gasteiger charge is 2.41. The Bertz CT molecular complexity index is 358. The van der Waals surface area contributed by atoms with Gasteiger partial charge in [-0.1, -0.05) is 0 Å². The summed E-state index contributed by atoms with van der Waals surface area (Å²) in [7, 11) is 1.45. The molecule has 1 N–H and O–H groups in total. The number of carbonyl (C=O) groups is 1. The second-order valence-electron chi connectivity index (χ2n) is 5.85. The summed E-state index contributed by atoms with van der Waals surface area (Å²) in [6.07, 6.45) is 0.167. The lowest BCUT2D eigenvalue weighted by Crippen LogP contribution is -2.49. The number of amides is 1. The number of carbonyl (C=O) groups excluding carboxylic acids is 1. The molecule has 2 rings (SSSR count). The molecular formula is C13H22F2N2O3. The molecule has 1 unspecified atom stereocenters. The van der Waals surface area contributed by atoms with Crippen LogP contribution in [0.5, 0.6) is 0 Å². The number of nitrogens with zero attached hydrogens (tertiary/aromatic N) is 2. The first kappa shape index (κ1) is 15.6. The number of aliphatic hydroxyl groups is 1. The minimum Gasteiger partial charge on any atom is -0.387 e. The summed E-state index contributed by atoms with van der Waals surface area (Å²) >= 11 is 0. The van der Waals surface area contributed by atoms with Crippen molar-refractivity contribution in [1.29, 1.82) is 0 Å². The summed E-state index contributed by atoms with van der Waals surface area (Å²) in [5, 5.41) is 10.5. The van der Waals surface area contributed by atoms with E-state index in [2.05, 4.69) is 0 Å². The molecule has 0 aromatic rings. The van der Waals surface area contributed by atoms with Gasteiger partial charge in [0.2, 0.25) is 5.91 Å². The molecule has 2 aliphatic rings. The molecule has 0 aliphatic carbocycles. The molecule has 0 aromatic heterocycles. The van der Waals surface area contributed by atoms with Crippen molar-refractivity contribution < 1.29 is 23.4 Å². The predicted octanol–water partition coefficient (Wildman–Crippen LogP) is 0.327. The third-order valence-corrected chi connectivity index (χ3v) is 4.06. The van der Waals surface area contributed by atoms with E-state index in [1.54, 1.807) is 4.90 Å². The van der Waals surface area contributed by atoms with Crippen molar-refractivity contribution in [2.75, 3.05) is 46.4 Å². The zero-order chi connectivity index (χ0) is 14.8. The highest BCUT2D eigenvalue weighted by Crippen LogP contribution is 2.30. The fraction of sp³-hybridized carbons (Fsp3) is 0.923. The smallest absolute Gasteiger partial charge is 0.250 e. The van der Waals surface area contributed by atoms with E-state index in [0.29, 0.717) is 32.6 Å². The van der Waals surface area contributed by atoms with E-state index in [1.165, 1.54) is 7.11 Å². The topological polar surface area (TPSA) is 53.0 Å². The van der Waals surface area contributed by atoms with Crippen molar-refractivity contribution in [3.63, 3.8) is 0 Å². The normalized spacial score (nSPS) is 30.7. The van der Waals surface area contributed by atoms with Crippen LogP contribution >= 0.6 is 0 Å². The fourth-order valence-electron chi connectivity index (χ4n) is 2.87. The standard InChI is InChI=1S/C13H22F2N2O3/c1-20-8-11(18)17-7-2-12(19,10-17)9-16-5-3-13(14,15)4-6-16/h19H,2-10H2,1H3. The Kier molecular flexibility index (Phi) is 4.61. The Morgan fingerprint density at radius 3 is 2.50 bits per heavy atom. The summed E-state index contributed by atoms with van der Waals surface area (Å²) in [5.74, 6) is -2.72. The van der Waals surface area contributed by atoms with E-state index in [9.17, 15) is 18.7 Å². The number of halogens is 2. The van der Waals surface area contributed by atoms with Gasteiger partial charge in [0, 0.05) is 46.1 Å². The van der Waals surface area contributed by atoms with Crippen molar-refractivity contribution in [3.05, 3.63) is 0 Å². The van der Waals surface area contributed by atoms with E-state index >= 15 is 0 Å². The van der Waals surface area contributed by atoms with Crippen LogP contribution in [0.2, 0.25) is 0 Å². The van der Waals surface area contributed by atoms with Gasteiger partial charge in [-0.2, -0.15) is 0 Å². The number of ether oxygens (including phenoxy) is 1. The van der Waals surface area contributed by atoms with E-state index in [1.807, 2.05) is 4.90 Å². The van der Waals surface area contributed by atoms with Crippen LogP contribution in [0, 0.1) is 0 Å². The summed E-state index contributed by atoms with van der Waals surface area (Å²) in [5.41, 5.74) is -0.990. The average molecular weight is 292 g/mol. The van der Waals surface area contributed by atoms with Crippen molar-refractivity contribution >= 4 is 5.91 Å². The lowest BCUT2D eigenvalue weighted by molar-refractivity contribution is -0.135.